The molecule has 26 heavy (non-hydrogen) atoms. The molecule has 1 atom stereocenters. The number of likely N-dealkylation sites (N-methyl/N-ethyl adjacent to an activating group) is 1. The lowest BCUT2D eigenvalue weighted by Gasteiger charge is -2.23. The van der Waals surface area contributed by atoms with E-state index >= 15 is 0 Å². The monoisotopic (exact) mass is 380 g/mol. The van der Waals surface area contributed by atoms with Crippen LogP contribution in [-0.4, -0.2) is 71.4 Å². The summed E-state index contributed by atoms with van der Waals surface area (Å²) in [6, 6.07) is 4.52. The van der Waals surface area contributed by atoms with Crippen LogP contribution in [0.25, 0.3) is 11.0 Å². The van der Waals surface area contributed by atoms with E-state index in [1.165, 1.54) is 11.9 Å². The molecular formula is C16H20N4O5S. The van der Waals surface area contributed by atoms with Crippen molar-refractivity contribution in [2.24, 2.45) is 0 Å². The molecule has 0 bridgehead atoms. The third-order valence-electron chi connectivity index (χ3n) is 4.53. The molecule has 0 saturated carbocycles. The van der Waals surface area contributed by atoms with Gasteiger partial charge in [0, 0.05) is 19.6 Å². The molecular weight excluding hydrogens is 360 g/mol. The lowest BCUT2D eigenvalue weighted by atomic mass is 10.2. The van der Waals surface area contributed by atoms with Crippen LogP contribution in [0.5, 0.6) is 0 Å². The van der Waals surface area contributed by atoms with Crippen LogP contribution >= 0.6 is 0 Å². The number of nitrogens with zero attached hydrogens (tertiary/aromatic N) is 4. The summed E-state index contributed by atoms with van der Waals surface area (Å²) in [7, 11) is -1.56. The minimum Gasteiger partial charge on any atom is -0.452 e. The summed E-state index contributed by atoms with van der Waals surface area (Å²) in [5.41, 5.74) is 1.66. The zero-order chi connectivity index (χ0) is 18.9. The number of aromatic nitrogens is 3. The molecule has 0 unspecified atom stereocenters. The van der Waals surface area contributed by atoms with Gasteiger partial charge in [0.2, 0.25) is 0 Å². The second-order valence-corrected chi connectivity index (χ2v) is 8.48. The van der Waals surface area contributed by atoms with E-state index < -0.39 is 28.3 Å². The van der Waals surface area contributed by atoms with E-state index in [2.05, 4.69) is 10.3 Å². The van der Waals surface area contributed by atoms with Gasteiger partial charge >= 0.3 is 5.97 Å². The molecule has 1 fully saturated rings. The maximum atomic E-state index is 12.2. The molecule has 1 aliphatic heterocycles. The Morgan fingerprint density at radius 1 is 1.38 bits per heavy atom. The van der Waals surface area contributed by atoms with Gasteiger partial charge < -0.3 is 9.64 Å². The minimum absolute atomic E-state index is 0.0487. The van der Waals surface area contributed by atoms with Gasteiger partial charge in [-0.25, -0.2) is 17.9 Å². The number of fused-ring (bicyclic) bond motifs is 1. The summed E-state index contributed by atoms with van der Waals surface area (Å²) in [5.74, 6) is -1.04. The SMILES string of the molecule is CCn1nnc2cc(C(=O)OCC(=O)N(C)[C@@H]3CCS(=O)(=O)C3)ccc21. The zero-order valence-electron chi connectivity index (χ0n) is 14.6. The Balaban J connectivity index is 1.60. The number of carbonyl (C=O) groups excluding carboxylic acids is 2. The first-order valence-electron chi connectivity index (χ1n) is 8.27. The number of rotatable bonds is 5. The van der Waals surface area contributed by atoms with Crippen molar-refractivity contribution in [3.8, 4) is 0 Å². The van der Waals surface area contributed by atoms with E-state index in [0.29, 0.717) is 18.5 Å². The molecule has 140 valence electrons. The van der Waals surface area contributed by atoms with Gasteiger partial charge in [0.05, 0.1) is 22.6 Å². The van der Waals surface area contributed by atoms with Crippen LogP contribution in [0.3, 0.4) is 0 Å². The molecule has 1 saturated heterocycles. The summed E-state index contributed by atoms with van der Waals surface area (Å²) in [4.78, 5) is 25.7. The van der Waals surface area contributed by atoms with Gasteiger partial charge in [-0.3, -0.25) is 4.79 Å². The standard InChI is InChI=1S/C16H20N4O5S/c1-3-20-14-5-4-11(8-13(14)17-18-20)16(22)25-9-15(21)19(2)12-6-7-26(23,24)10-12/h4-5,8,12H,3,6-7,9-10H2,1-2H3/t12-/m1/s1. The molecule has 9 nitrogen and oxygen atoms in total. The molecule has 1 amide bonds. The van der Waals surface area contributed by atoms with Crippen molar-refractivity contribution in [2.75, 3.05) is 25.2 Å². The fourth-order valence-corrected chi connectivity index (χ4v) is 4.70. The molecule has 1 aliphatic rings. The number of hydrogen-bond acceptors (Lipinski definition) is 7. The van der Waals surface area contributed by atoms with Gasteiger partial charge in [-0.2, -0.15) is 0 Å². The van der Waals surface area contributed by atoms with Gasteiger partial charge in [-0.15, -0.1) is 5.10 Å². The molecule has 3 rings (SSSR count). The van der Waals surface area contributed by atoms with Crippen molar-refractivity contribution in [1.82, 2.24) is 19.9 Å². The molecule has 0 aliphatic carbocycles. The quantitative estimate of drug-likeness (QED) is 0.684. The third kappa shape index (κ3) is 3.69. The second-order valence-electron chi connectivity index (χ2n) is 6.25. The van der Waals surface area contributed by atoms with E-state index in [1.807, 2.05) is 6.92 Å². The fraction of sp³-hybridized carbons (Fsp3) is 0.500. The van der Waals surface area contributed by atoms with Crippen molar-refractivity contribution in [2.45, 2.75) is 25.9 Å². The summed E-state index contributed by atoms with van der Waals surface area (Å²) in [6.45, 7) is 2.16. The van der Waals surface area contributed by atoms with E-state index in [1.54, 1.807) is 22.9 Å². The Kier molecular flexibility index (Phi) is 4.94. The van der Waals surface area contributed by atoms with Gasteiger partial charge in [-0.1, -0.05) is 5.21 Å². The number of sulfone groups is 1. The molecule has 2 heterocycles. The highest BCUT2D eigenvalue weighted by atomic mass is 32.2. The first-order valence-corrected chi connectivity index (χ1v) is 10.1. The number of ether oxygens (including phenoxy) is 1. The largest absolute Gasteiger partial charge is 0.452 e. The summed E-state index contributed by atoms with van der Waals surface area (Å²) < 4.78 is 29.8. The molecule has 2 aromatic rings. The molecule has 0 N–H and O–H groups in total. The predicted molar refractivity (Wildman–Crippen MR) is 93.3 cm³/mol. The molecule has 1 aromatic heterocycles. The number of esters is 1. The summed E-state index contributed by atoms with van der Waals surface area (Å²) >= 11 is 0. The smallest absolute Gasteiger partial charge is 0.338 e. The van der Waals surface area contributed by atoms with E-state index in [9.17, 15) is 18.0 Å². The number of aryl methyl sites for hydroxylation is 1. The summed E-state index contributed by atoms with van der Waals surface area (Å²) in [6.07, 6.45) is 0.405. The second kappa shape index (κ2) is 7.02. The number of amides is 1. The van der Waals surface area contributed by atoms with Crippen molar-refractivity contribution < 1.29 is 22.7 Å². The number of carbonyl (C=O) groups is 2. The normalized spacial score (nSPS) is 18.8. The number of hydrogen-bond donors (Lipinski definition) is 0. The summed E-state index contributed by atoms with van der Waals surface area (Å²) in [5, 5.41) is 7.97. The van der Waals surface area contributed by atoms with E-state index in [-0.39, 0.29) is 23.1 Å². The van der Waals surface area contributed by atoms with E-state index in [4.69, 9.17) is 4.74 Å². The minimum atomic E-state index is -3.09. The highest BCUT2D eigenvalue weighted by Gasteiger charge is 2.32. The van der Waals surface area contributed by atoms with Gasteiger partial charge in [0.15, 0.2) is 16.4 Å². The van der Waals surface area contributed by atoms with Crippen molar-refractivity contribution in [1.29, 1.82) is 0 Å². The average molecular weight is 380 g/mol. The topological polar surface area (TPSA) is 111 Å². The Labute approximate surface area is 150 Å². The Bertz CT molecular complexity index is 953. The van der Waals surface area contributed by atoms with Crippen molar-refractivity contribution in [3.05, 3.63) is 23.8 Å². The Morgan fingerprint density at radius 3 is 2.81 bits per heavy atom. The van der Waals surface area contributed by atoms with Gasteiger partial charge in [0.25, 0.3) is 5.91 Å². The highest BCUT2D eigenvalue weighted by Crippen LogP contribution is 2.17. The Morgan fingerprint density at radius 2 is 2.15 bits per heavy atom. The highest BCUT2D eigenvalue weighted by molar-refractivity contribution is 7.91. The fourth-order valence-electron chi connectivity index (χ4n) is 2.93. The first-order chi connectivity index (χ1) is 12.3. The molecule has 0 radical (unpaired) electrons. The van der Waals surface area contributed by atoms with Crippen LogP contribution in [0.4, 0.5) is 0 Å². The number of benzene rings is 1. The maximum Gasteiger partial charge on any atom is 0.338 e. The van der Waals surface area contributed by atoms with Crippen LogP contribution < -0.4 is 0 Å². The van der Waals surface area contributed by atoms with Crippen LogP contribution in [0.2, 0.25) is 0 Å². The predicted octanol–water partition coefficient (Wildman–Crippen LogP) is 0.254. The molecule has 10 heteroatoms. The van der Waals surface area contributed by atoms with Gasteiger partial charge in [-0.05, 0) is 31.5 Å². The average Bonchev–Trinajstić information content (AvgIpc) is 3.20. The van der Waals surface area contributed by atoms with Crippen molar-refractivity contribution in [3.63, 3.8) is 0 Å². The van der Waals surface area contributed by atoms with Gasteiger partial charge in [0.1, 0.15) is 5.52 Å². The van der Waals surface area contributed by atoms with E-state index in [0.717, 1.165) is 5.52 Å². The third-order valence-corrected chi connectivity index (χ3v) is 6.28. The first kappa shape index (κ1) is 18.3. The lowest BCUT2D eigenvalue weighted by Crippen LogP contribution is -2.40. The maximum absolute atomic E-state index is 12.2. The van der Waals surface area contributed by atoms with Crippen LogP contribution in [-0.2, 0) is 25.9 Å². The Hall–Kier alpha value is -2.49. The van der Waals surface area contributed by atoms with Crippen LogP contribution in [0.1, 0.15) is 23.7 Å². The molecule has 0 spiro atoms. The van der Waals surface area contributed by atoms with Crippen molar-refractivity contribution >= 4 is 32.7 Å². The zero-order valence-corrected chi connectivity index (χ0v) is 15.4. The van der Waals surface area contributed by atoms with Crippen LogP contribution in [0.15, 0.2) is 18.2 Å². The van der Waals surface area contributed by atoms with Crippen LogP contribution in [0, 0.1) is 0 Å². The molecule has 1 aromatic carbocycles. The lowest BCUT2D eigenvalue weighted by molar-refractivity contribution is -0.134.